The maximum absolute atomic E-state index is 12.8. The molecule has 11 heteroatoms. The summed E-state index contributed by atoms with van der Waals surface area (Å²) in [7, 11) is 0. The highest BCUT2D eigenvalue weighted by Gasteiger charge is 2.38. The van der Waals surface area contributed by atoms with E-state index in [4.69, 9.17) is 10.2 Å². The first-order valence-corrected chi connectivity index (χ1v) is 7.04. The zero-order valence-corrected chi connectivity index (χ0v) is 13.0. The third-order valence-electron chi connectivity index (χ3n) is 3.45. The second-order valence-electron chi connectivity index (χ2n) is 5.40. The molecule has 1 aromatic heterocycles. The van der Waals surface area contributed by atoms with E-state index >= 15 is 0 Å². The summed E-state index contributed by atoms with van der Waals surface area (Å²) in [5, 5.41) is 18.0. The number of halogens is 6. The van der Waals surface area contributed by atoms with Gasteiger partial charge in [-0.15, -0.1) is 0 Å². The Morgan fingerprint density at radius 1 is 0.852 bits per heavy atom. The van der Waals surface area contributed by atoms with Gasteiger partial charge in [0, 0.05) is 0 Å². The average molecular weight is 393 g/mol. The molecule has 2 rings (SSSR count). The molecule has 0 spiro atoms. The summed E-state index contributed by atoms with van der Waals surface area (Å²) in [6, 6.07) is 3.56. The van der Waals surface area contributed by atoms with Crippen LogP contribution >= 0.6 is 0 Å². The van der Waals surface area contributed by atoms with Crippen LogP contribution in [0.2, 0.25) is 0 Å². The van der Waals surface area contributed by atoms with Crippen LogP contribution in [0, 0.1) is 0 Å². The lowest BCUT2D eigenvalue weighted by atomic mass is 9.97. The van der Waals surface area contributed by atoms with Crippen LogP contribution < -0.4 is 0 Å². The van der Waals surface area contributed by atoms with Crippen LogP contribution in [-0.4, -0.2) is 27.1 Å². The summed E-state index contributed by atoms with van der Waals surface area (Å²) in [6.45, 7) is 0. The SMILES string of the molecule is O=C(O)c1ccc(Cc2cc(C(F)(F)F)nc(C(F)(F)F)c2)c(C(=O)O)c1. The summed E-state index contributed by atoms with van der Waals surface area (Å²) in [5.41, 5.74) is -5.11. The van der Waals surface area contributed by atoms with Gasteiger partial charge in [0.1, 0.15) is 11.4 Å². The Morgan fingerprint density at radius 2 is 1.37 bits per heavy atom. The molecule has 2 aromatic rings. The third kappa shape index (κ3) is 4.74. The van der Waals surface area contributed by atoms with E-state index in [9.17, 15) is 35.9 Å². The molecule has 1 heterocycles. The molecule has 0 aliphatic heterocycles. The maximum atomic E-state index is 12.8. The number of nitrogens with zero attached hydrogens (tertiary/aromatic N) is 1. The van der Waals surface area contributed by atoms with E-state index in [1.807, 2.05) is 0 Å². The first-order valence-electron chi connectivity index (χ1n) is 7.04. The van der Waals surface area contributed by atoms with Crippen LogP contribution in [0.4, 0.5) is 26.3 Å². The van der Waals surface area contributed by atoms with Gasteiger partial charge in [-0.05, 0) is 41.8 Å². The Hall–Kier alpha value is -3.11. The zero-order valence-electron chi connectivity index (χ0n) is 13.0. The van der Waals surface area contributed by atoms with Gasteiger partial charge in [0.25, 0.3) is 0 Å². The minimum Gasteiger partial charge on any atom is -0.478 e. The number of rotatable bonds is 4. The number of carbonyl (C=O) groups is 2. The Bertz CT molecular complexity index is 873. The molecular formula is C16H9F6NO4. The van der Waals surface area contributed by atoms with E-state index in [0.29, 0.717) is 12.1 Å². The Labute approximate surface area is 146 Å². The van der Waals surface area contributed by atoms with Gasteiger partial charge in [-0.2, -0.15) is 26.3 Å². The van der Waals surface area contributed by atoms with E-state index in [1.165, 1.54) is 0 Å². The van der Waals surface area contributed by atoms with Gasteiger partial charge in [-0.25, -0.2) is 14.6 Å². The summed E-state index contributed by atoms with van der Waals surface area (Å²) in [5.74, 6) is -3.01. The Morgan fingerprint density at radius 3 is 1.78 bits per heavy atom. The molecule has 0 atom stereocenters. The molecule has 0 unspecified atom stereocenters. The smallest absolute Gasteiger partial charge is 0.433 e. The molecule has 1 aromatic carbocycles. The molecule has 0 saturated carbocycles. The summed E-state index contributed by atoms with van der Waals surface area (Å²) < 4.78 is 77.0. The van der Waals surface area contributed by atoms with Gasteiger partial charge in [0.15, 0.2) is 0 Å². The number of carboxylic acid groups (broad SMARTS) is 2. The van der Waals surface area contributed by atoms with Gasteiger partial charge < -0.3 is 10.2 Å². The first-order chi connectivity index (χ1) is 12.3. The molecule has 0 bridgehead atoms. The van der Waals surface area contributed by atoms with Crippen molar-refractivity contribution in [3.63, 3.8) is 0 Å². The fraction of sp³-hybridized carbons (Fsp3) is 0.188. The van der Waals surface area contributed by atoms with Crippen molar-refractivity contribution >= 4 is 11.9 Å². The van der Waals surface area contributed by atoms with Crippen molar-refractivity contribution in [3.8, 4) is 0 Å². The largest absolute Gasteiger partial charge is 0.478 e. The highest BCUT2D eigenvalue weighted by molar-refractivity contribution is 5.94. The van der Waals surface area contributed by atoms with Gasteiger partial charge in [0.2, 0.25) is 0 Å². The van der Waals surface area contributed by atoms with Crippen molar-refractivity contribution < 1.29 is 46.1 Å². The molecule has 144 valence electrons. The predicted octanol–water partition coefficient (Wildman–Crippen LogP) is 4.11. The number of carboxylic acids is 2. The monoisotopic (exact) mass is 393 g/mol. The Balaban J connectivity index is 2.57. The Kier molecular flexibility index (Phi) is 5.16. The highest BCUT2D eigenvalue weighted by Crippen LogP contribution is 2.34. The molecule has 0 aliphatic carbocycles. The lowest BCUT2D eigenvalue weighted by Gasteiger charge is -2.14. The second kappa shape index (κ2) is 6.89. The maximum Gasteiger partial charge on any atom is 0.433 e. The summed E-state index contributed by atoms with van der Waals surface area (Å²) in [4.78, 5) is 24.7. The van der Waals surface area contributed by atoms with Gasteiger partial charge in [-0.3, -0.25) is 0 Å². The number of pyridine rings is 1. The van der Waals surface area contributed by atoms with Crippen LogP contribution in [-0.2, 0) is 18.8 Å². The second-order valence-corrected chi connectivity index (χ2v) is 5.40. The predicted molar refractivity (Wildman–Crippen MR) is 77.4 cm³/mol. The molecule has 0 amide bonds. The standard InChI is InChI=1S/C16H9F6NO4/c17-15(18,19)11-4-7(5-12(23-11)16(20,21)22)3-8-1-2-9(13(24)25)6-10(8)14(26)27/h1-2,4-6H,3H2,(H,24,25)(H,26,27). The molecule has 27 heavy (non-hydrogen) atoms. The third-order valence-corrected chi connectivity index (χ3v) is 3.45. The van der Waals surface area contributed by atoms with Crippen molar-refractivity contribution in [2.24, 2.45) is 0 Å². The molecule has 2 N–H and O–H groups in total. The van der Waals surface area contributed by atoms with E-state index in [0.717, 1.165) is 18.2 Å². The quantitative estimate of drug-likeness (QED) is 0.764. The number of alkyl halides is 6. The number of hydrogen-bond acceptors (Lipinski definition) is 3. The average Bonchev–Trinajstić information content (AvgIpc) is 2.52. The molecule has 0 saturated heterocycles. The van der Waals surface area contributed by atoms with Gasteiger partial charge in [0.05, 0.1) is 11.1 Å². The number of aromatic carboxylic acids is 2. The van der Waals surface area contributed by atoms with Crippen molar-refractivity contribution in [1.82, 2.24) is 4.98 Å². The molecule has 0 aliphatic rings. The van der Waals surface area contributed by atoms with E-state index in [1.54, 1.807) is 0 Å². The van der Waals surface area contributed by atoms with Crippen LogP contribution in [0.5, 0.6) is 0 Å². The number of aromatic nitrogens is 1. The lowest BCUT2D eigenvalue weighted by Crippen LogP contribution is -2.16. The lowest BCUT2D eigenvalue weighted by molar-refractivity contribution is -0.150. The van der Waals surface area contributed by atoms with E-state index in [-0.39, 0.29) is 5.56 Å². The molecule has 0 radical (unpaired) electrons. The van der Waals surface area contributed by atoms with Crippen molar-refractivity contribution in [2.75, 3.05) is 0 Å². The van der Waals surface area contributed by atoms with Crippen LogP contribution in [0.1, 0.15) is 43.2 Å². The first kappa shape index (κ1) is 20.2. The van der Waals surface area contributed by atoms with E-state index in [2.05, 4.69) is 4.98 Å². The molecule has 0 fully saturated rings. The van der Waals surface area contributed by atoms with Crippen molar-refractivity contribution in [1.29, 1.82) is 0 Å². The van der Waals surface area contributed by atoms with Crippen LogP contribution in [0.15, 0.2) is 30.3 Å². The van der Waals surface area contributed by atoms with Crippen LogP contribution in [0.25, 0.3) is 0 Å². The molecular weight excluding hydrogens is 384 g/mol. The minimum atomic E-state index is -5.14. The fourth-order valence-electron chi connectivity index (χ4n) is 2.26. The number of hydrogen-bond donors (Lipinski definition) is 2. The van der Waals surface area contributed by atoms with Gasteiger partial charge >= 0.3 is 24.3 Å². The summed E-state index contributed by atoms with van der Waals surface area (Å²) >= 11 is 0. The molecule has 5 nitrogen and oxygen atoms in total. The minimum absolute atomic E-state index is 0.153. The number of benzene rings is 1. The topological polar surface area (TPSA) is 87.5 Å². The van der Waals surface area contributed by atoms with E-state index < -0.39 is 58.8 Å². The highest BCUT2D eigenvalue weighted by atomic mass is 19.4. The van der Waals surface area contributed by atoms with Crippen molar-refractivity contribution in [2.45, 2.75) is 18.8 Å². The normalized spacial score (nSPS) is 12.1. The summed E-state index contributed by atoms with van der Waals surface area (Å²) in [6.07, 6.45) is -10.9. The van der Waals surface area contributed by atoms with Gasteiger partial charge in [-0.1, -0.05) is 6.07 Å². The zero-order chi connectivity index (χ0) is 20.6. The van der Waals surface area contributed by atoms with Crippen molar-refractivity contribution in [3.05, 3.63) is 64.0 Å². The van der Waals surface area contributed by atoms with Crippen LogP contribution in [0.3, 0.4) is 0 Å². The fourth-order valence-corrected chi connectivity index (χ4v) is 2.26.